The molecule has 1 fully saturated rings. The summed E-state index contributed by atoms with van der Waals surface area (Å²) in [5, 5.41) is 26.2. The number of nitrogens with zero attached hydrogens (tertiary/aromatic N) is 4. The molecule has 9 nitrogen and oxygen atoms in total. The van der Waals surface area contributed by atoms with Gasteiger partial charge in [0.15, 0.2) is 0 Å². The van der Waals surface area contributed by atoms with E-state index in [4.69, 9.17) is 0 Å². The van der Waals surface area contributed by atoms with Crippen LogP contribution in [0.5, 0.6) is 0 Å². The van der Waals surface area contributed by atoms with Gasteiger partial charge in [-0.15, -0.1) is 4.91 Å². The summed E-state index contributed by atoms with van der Waals surface area (Å²) in [7, 11) is 0. The Morgan fingerprint density at radius 1 is 1.05 bits per heavy atom. The molecule has 0 spiro atoms. The Balaban J connectivity index is 2.13. The number of fused-ring (bicyclic) bond motifs is 5. The number of rotatable bonds is 3. The first kappa shape index (κ1) is 12.5. The van der Waals surface area contributed by atoms with Gasteiger partial charge < -0.3 is 0 Å². The maximum Gasteiger partial charge on any atom is 0.346 e. The minimum absolute atomic E-state index is 0.0269. The van der Waals surface area contributed by atoms with Crippen molar-refractivity contribution in [1.82, 2.24) is 5.01 Å². The molecule has 1 saturated heterocycles. The van der Waals surface area contributed by atoms with E-state index in [0.717, 1.165) is 17.5 Å². The van der Waals surface area contributed by atoms with E-state index in [9.17, 15) is 25.1 Å². The molecule has 2 atom stereocenters. The fourth-order valence-electron chi connectivity index (χ4n) is 3.20. The summed E-state index contributed by atoms with van der Waals surface area (Å²) in [4.78, 5) is 31.1. The van der Waals surface area contributed by atoms with E-state index < -0.39 is 21.2 Å². The van der Waals surface area contributed by atoms with Gasteiger partial charge in [-0.2, -0.15) is 0 Å². The molecular weight excluding hydrogens is 268 g/mol. The number of nitro benzene ring substituents is 2. The van der Waals surface area contributed by atoms with Crippen LogP contribution >= 0.6 is 0 Å². The van der Waals surface area contributed by atoms with Gasteiger partial charge in [0.25, 0.3) is 0 Å². The van der Waals surface area contributed by atoms with E-state index in [1.165, 1.54) is 17.1 Å². The molecule has 9 heteroatoms. The largest absolute Gasteiger partial charge is 0.346 e. The van der Waals surface area contributed by atoms with Gasteiger partial charge >= 0.3 is 11.4 Å². The predicted molar refractivity (Wildman–Crippen MR) is 67.2 cm³/mol. The Kier molecular flexibility index (Phi) is 2.63. The first-order chi connectivity index (χ1) is 9.51. The standard InChI is InChI=1S/C11H10N4O5/c16-12-13-4-6-1-7(5-13)9-3-11(15(19)20)10(14(17)18)2-8(6)9/h2-3,6-7H,1,4-5H2/t6-,7+. The van der Waals surface area contributed by atoms with E-state index >= 15 is 0 Å². The second kappa shape index (κ2) is 4.22. The lowest BCUT2D eigenvalue weighted by atomic mass is 9.97. The lowest BCUT2D eigenvalue weighted by molar-refractivity contribution is -0.422. The van der Waals surface area contributed by atoms with E-state index in [2.05, 4.69) is 5.29 Å². The van der Waals surface area contributed by atoms with E-state index in [-0.39, 0.29) is 11.8 Å². The highest BCUT2D eigenvalue weighted by Gasteiger charge is 2.41. The van der Waals surface area contributed by atoms with Crippen molar-refractivity contribution in [2.24, 2.45) is 5.29 Å². The van der Waals surface area contributed by atoms with E-state index in [1.807, 2.05) is 0 Å². The fraction of sp³-hybridized carbons (Fsp3) is 0.455. The van der Waals surface area contributed by atoms with Crippen LogP contribution < -0.4 is 0 Å². The molecule has 2 aliphatic rings. The minimum atomic E-state index is -0.740. The van der Waals surface area contributed by atoms with Crippen LogP contribution in [0.3, 0.4) is 0 Å². The summed E-state index contributed by atoms with van der Waals surface area (Å²) < 4.78 is 0. The molecule has 1 aromatic carbocycles. The first-order valence-electron chi connectivity index (χ1n) is 6.06. The van der Waals surface area contributed by atoms with Crippen molar-refractivity contribution in [3.05, 3.63) is 48.4 Å². The number of nitroso groups, excluding NO2 is 1. The number of hydrogen-bond acceptors (Lipinski definition) is 6. The van der Waals surface area contributed by atoms with Crippen molar-refractivity contribution in [2.75, 3.05) is 13.1 Å². The van der Waals surface area contributed by atoms with Crippen molar-refractivity contribution < 1.29 is 9.85 Å². The van der Waals surface area contributed by atoms with Crippen molar-refractivity contribution in [3.63, 3.8) is 0 Å². The normalized spacial score (nSPS) is 23.3. The van der Waals surface area contributed by atoms with Gasteiger partial charge in [-0.3, -0.25) is 25.2 Å². The van der Waals surface area contributed by atoms with Crippen LogP contribution in [0.25, 0.3) is 0 Å². The highest BCUT2D eigenvalue weighted by Crippen LogP contribution is 2.49. The van der Waals surface area contributed by atoms with Crippen LogP contribution in [0.1, 0.15) is 29.4 Å². The smallest absolute Gasteiger partial charge is 0.260 e. The van der Waals surface area contributed by atoms with Crippen LogP contribution in [-0.4, -0.2) is 27.9 Å². The van der Waals surface area contributed by atoms with Gasteiger partial charge in [-0.1, -0.05) is 0 Å². The van der Waals surface area contributed by atoms with Crippen LogP contribution in [0.15, 0.2) is 17.4 Å². The Morgan fingerprint density at radius 3 is 1.85 bits per heavy atom. The average Bonchev–Trinajstić information content (AvgIpc) is 2.68. The molecule has 0 radical (unpaired) electrons. The summed E-state index contributed by atoms with van der Waals surface area (Å²) in [6, 6.07) is 2.57. The van der Waals surface area contributed by atoms with Crippen molar-refractivity contribution in [2.45, 2.75) is 18.3 Å². The van der Waals surface area contributed by atoms with Gasteiger partial charge in [0.05, 0.1) is 15.1 Å². The summed E-state index contributed by atoms with van der Waals surface area (Å²) in [6.07, 6.45) is 0.750. The lowest BCUT2D eigenvalue weighted by Gasteiger charge is -2.26. The second-order valence-corrected chi connectivity index (χ2v) is 5.07. The van der Waals surface area contributed by atoms with Gasteiger partial charge in [0.2, 0.25) is 0 Å². The maximum absolute atomic E-state index is 11.0. The third kappa shape index (κ3) is 1.70. The molecule has 1 heterocycles. The quantitative estimate of drug-likeness (QED) is 0.474. The van der Waals surface area contributed by atoms with E-state index in [1.54, 1.807) is 0 Å². The molecule has 104 valence electrons. The Labute approximate surface area is 112 Å². The second-order valence-electron chi connectivity index (χ2n) is 5.07. The molecule has 3 rings (SSSR count). The molecule has 0 aromatic heterocycles. The summed E-state index contributed by atoms with van der Waals surface area (Å²) in [5.74, 6) is -0.0538. The molecule has 0 N–H and O–H groups in total. The Morgan fingerprint density at radius 2 is 1.50 bits per heavy atom. The Hall–Kier alpha value is -2.58. The highest BCUT2D eigenvalue weighted by molar-refractivity contribution is 5.60. The number of hydrogen-bond donors (Lipinski definition) is 0. The van der Waals surface area contributed by atoms with Crippen molar-refractivity contribution >= 4 is 11.4 Å². The summed E-state index contributed by atoms with van der Waals surface area (Å²) in [6.45, 7) is 0.809. The molecule has 1 aromatic rings. The number of piperidine rings is 1. The van der Waals surface area contributed by atoms with Crippen molar-refractivity contribution in [3.8, 4) is 0 Å². The molecule has 1 aliphatic heterocycles. The van der Waals surface area contributed by atoms with Crippen LogP contribution in [0.4, 0.5) is 11.4 Å². The molecule has 2 bridgehead atoms. The van der Waals surface area contributed by atoms with Gasteiger partial charge in [-0.05, 0) is 17.5 Å². The highest BCUT2D eigenvalue weighted by atomic mass is 16.6. The van der Waals surface area contributed by atoms with E-state index in [0.29, 0.717) is 13.1 Å². The third-order valence-electron chi connectivity index (χ3n) is 4.00. The molecule has 1 aliphatic carbocycles. The maximum atomic E-state index is 11.0. The van der Waals surface area contributed by atoms with Crippen molar-refractivity contribution in [1.29, 1.82) is 0 Å². The SMILES string of the molecule is O=NN1C[C@H]2C[C@@H](C1)c1cc([N+](=O)[O-])c([N+](=O)[O-])cc12. The molecule has 0 amide bonds. The zero-order valence-corrected chi connectivity index (χ0v) is 10.3. The Bertz CT molecular complexity index is 582. The molecule has 0 saturated carbocycles. The zero-order valence-electron chi connectivity index (χ0n) is 10.3. The topological polar surface area (TPSA) is 119 Å². The number of benzene rings is 1. The van der Waals surface area contributed by atoms with Gasteiger partial charge in [-0.25, -0.2) is 0 Å². The monoisotopic (exact) mass is 278 g/mol. The van der Waals surface area contributed by atoms with Crippen LogP contribution in [-0.2, 0) is 0 Å². The molecular formula is C11H10N4O5. The van der Waals surface area contributed by atoms with Gasteiger partial charge in [0, 0.05) is 37.1 Å². The summed E-state index contributed by atoms with van der Waals surface area (Å²) >= 11 is 0. The summed E-state index contributed by atoms with van der Waals surface area (Å²) in [5.41, 5.74) is 0.482. The average molecular weight is 278 g/mol. The molecule has 20 heavy (non-hydrogen) atoms. The fourth-order valence-corrected chi connectivity index (χ4v) is 3.20. The zero-order chi connectivity index (χ0) is 14.4. The first-order valence-corrected chi connectivity index (χ1v) is 6.06. The van der Waals surface area contributed by atoms with Gasteiger partial charge in [0.1, 0.15) is 0 Å². The van der Waals surface area contributed by atoms with Crippen LogP contribution in [0.2, 0.25) is 0 Å². The lowest BCUT2D eigenvalue weighted by Crippen LogP contribution is -2.30. The predicted octanol–water partition coefficient (Wildman–Crippen LogP) is 2.07. The van der Waals surface area contributed by atoms with Crippen LogP contribution in [0, 0.1) is 25.1 Å². The minimum Gasteiger partial charge on any atom is -0.260 e. The number of nitro groups is 2. The third-order valence-corrected chi connectivity index (χ3v) is 4.00. The molecule has 0 unspecified atom stereocenters.